The van der Waals surface area contributed by atoms with Crippen LogP contribution in [0.1, 0.15) is 16.1 Å². The summed E-state index contributed by atoms with van der Waals surface area (Å²) >= 11 is 6.08. The van der Waals surface area contributed by atoms with Crippen LogP contribution in [-0.2, 0) is 6.54 Å². The molecule has 126 valence electrons. The number of rotatable bonds is 4. The fraction of sp³-hybridized carbons (Fsp3) is 0.353. The summed E-state index contributed by atoms with van der Waals surface area (Å²) in [6.07, 6.45) is 0. The number of piperazine rings is 1. The number of carbonyl (C=O) groups is 1. The summed E-state index contributed by atoms with van der Waals surface area (Å²) in [5, 5.41) is 11.7. The molecule has 0 unspecified atom stereocenters. The number of likely N-dealkylation sites (N-methyl/N-ethyl adjacent to an activating group) is 1. The normalized spacial score (nSPS) is 15.3. The first kappa shape index (κ1) is 16.7. The monoisotopic (exact) mass is 345 g/mol. The van der Waals surface area contributed by atoms with Gasteiger partial charge in [0.1, 0.15) is 0 Å². The Hall–Kier alpha value is -2.18. The van der Waals surface area contributed by atoms with Crippen LogP contribution in [0, 0.1) is 0 Å². The molecule has 24 heavy (non-hydrogen) atoms. The average molecular weight is 346 g/mol. The molecule has 0 atom stereocenters. The van der Waals surface area contributed by atoms with Gasteiger partial charge in [-0.3, -0.25) is 4.79 Å². The summed E-state index contributed by atoms with van der Waals surface area (Å²) in [5.41, 5.74) is 1.18. The molecule has 0 spiro atoms. The molecule has 1 saturated heterocycles. The zero-order valence-corrected chi connectivity index (χ0v) is 14.3. The first-order valence-electron chi connectivity index (χ1n) is 7.92. The van der Waals surface area contributed by atoms with Gasteiger partial charge in [0.05, 0.1) is 0 Å². The Labute approximate surface area is 146 Å². The van der Waals surface area contributed by atoms with Crippen molar-refractivity contribution in [1.29, 1.82) is 0 Å². The maximum Gasteiger partial charge on any atom is 0.272 e. The van der Waals surface area contributed by atoms with E-state index >= 15 is 0 Å². The number of hydrogen-bond donors (Lipinski definition) is 1. The molecule has 0 bridgehead atoms. The standard InChI is InChI=1S/C17H20ClN5O/c1-22-8-10-23(11-9-22)16-7-6-15(20-21-16)17(24)19-12-13-4-2-3-5-14(13)18/h2-7H,8-12H2,1H3,(H,19,24). The molecule has 0 radical (unpaired) electrons. The lowest BCUT2D eigenvalue weighted by Crippen LogP contribution is -2.44. The van der Waals surface area contributed by atoms with Crippen molar-refractivity contribution in [3.05, 3.63) is 52.7 Å². The lowest BCUT2D eigenvalue weighted by molar-refractivity contribution is 0.0945. The smallest absolute Gasteiger partial charge is 0.272 e. The second-order valence-electron chi connectivity index (χ2n) is 5.84. The van der Waals surface area contributed by atoms with Crippen molar-refractivity contribution < 1.29 is 4.79 Å². The maximum atomic E-state index is 12.2. The van der Waals surface area contributed by atoms with E-state index in [0.717, 1.165) is 37.6 Å². The number of carbonyl (C=O) groups excluding carboxylic acids is 1. The fourth-order valence-corrected chi connectivity index (χ4v) is 2.76. The highest BCUT2D eigenvalue weighted by atomic mass is 35.5. The summed E-state index contributed by atoms with van der Waals surface area (Å²) in [6, 6.07) is 11.0. The molecule has 1 aliphatic heterocycles. The number of amides is 1. The molecule has 1 aromatic heterocycles. The van der Waals surface area contributed by atoms with Gasteiger partial charge in [-0.1, -0.05) is 29.8 Å². The summed E-state index contributed by atoms with van der Waals surface area (Å²) in [6.45, 7) is 4.20. The van der Waals surface area contributed by atoms with Crippen LogP contribution in [0.4, 0.5) is 5.82 Å². The predicted molar refractivity (Wildman–Crippen MR) is 94.4 cm³/mol. The number of hydrogen-bond acceptors (Lipinski definition) is 5. The van der Waals surface area contributed by atoms with E-state index in [9.17, 15) is 4.79 Å². The van der Waals surface area contributed by atoms with Crippen LogP contribution in [-0.4, -0.2) is 54.2 Å². The van der Waals surface area contributed by atoms with E-state index in [4.69, 9.17) is 11.6 Å². The SMILES string of the molecule is CN1CCN(c2ccc(C(=O)NCc3ccccc3Cl)nn2)CC1. The van der Waals surface area contributed by atoms with Gasteiger partial charge in [-0.25, -0.2) is 0 Å². The minimum absolute atomic E-state index is 0.257. The van der Waals surface area contributed by atoms with Crippen LogP contribution < -0.4 is 10.2 Å². The zero-order chi connectivity index (χ0) is 16.9. The van der Waals surface area contributed by atoms with Gasteiger partial charge in [0.25, 0.3) is 5.91 Å². The number of nitrogens with one attached hydrogen (secondary N) is 1. The van der Waals surface area contributed by atoms with Crippen molar-refractivity contribution in [2.24, 2.45) is 0 Å². The number of aromatic nitrogens is 2. The molecular weight excluding hydrogens is 326 g/mol. The van der Waals surface area contributed by atoms with Crippen molar-refractivity contribution in [3.63, 3.8) is 0 Å². The Kier molecular flexibility index (Phi) is 5.27. The zero-order valence-electron chi connectivity index (χ0n) is 13.6. The fourth-order valence-electron chi connectivity index (χ4n) is 2.56. The van der Waals surface area contributed by atoms with Crippen molar-refractivity contribution in [2.45, 2.75) is 6.54 Å². The summed E-state index contributed by atoms with van der Waals surface area (Å²) in [4.78, 5) is 16.6. The highest BCUT2D eigenvalue weighted by molar-refractivity contribution is 6.31. The van der Waals surface area contributed by atoms with Gasteiger partial charge in [0.2, 0.25) is 0 Å². The van der Waals surface area contributed by atoms with Gasteiger partial charge in [-0.05, 0) is 30.8 Å². The minimum Gasteiger partial charge on any atom is -0.353 e. The van der Waals surface area contributed by atoms with Gasteiger partial charge < -0.3 is 15.1 Å². The van der Waals surface area contributed by atoms with Crippen LogP contribution in [0.2, 0.25) is 5.02 Å². The molecule has 2 aromatic rings. The van der Waals surface area contributed by atoms with E-state index in [-0.39, 0.29) is 5.91 Å². The second kappa shape index (κ2) is 7.59. The van der Waals surface area contributed by atoms with Crippen LogP contribution in [0.3, 0.4) is 0 Å². The molecule has 3 rings (SSSR count). The Morgan fingerprint density at radius 3 is 2.54 bits per heavy atom. The third-order valence-corrected chi connectivity index (χ3v) is 4.48. The highest BCUT2D eigenvalue weighted by Gasteiger charge is 2.16. The molecule has 1 aliphatic rings. The lowest BCUT2D eigenvalue weighted by Gasteiger charge is -2.32. The summed E-state index contributed by atoms with van der Waals surface area (Å²) < 4.78 is 0. The lowest BCUT2D eigenvalue weighted by atomic mass is 10.2. The van der Waals surface area contributed by atoms with E-state index in [2.05, 4.69) is 32.4 Å². The van der Waals surface area contributed by atoms with Crippen molar-refractivity contribution >= 4 is 23.3 Å². The Morgan fingerprint density at radius 2 is 1.88 bits per heavy atom. The van der Waals surface area contributed by atoms with E-state index in [0.29, 0.717) is 17.3 Å². The van der Waals surface area contributed by atoms with Crippen molar-refractivity contribution in [2.75, 3.05) is 38.1 Å². The molecule has 7 heteroatoms. The topological polar surface area (TPSA) is 61.4 Å². The van der Waals surface area contributed by atoms with Gasteiger partial charge in [0, 0.05) is 37.7 Å². The van der Waals surface area contributed by atoms with Crippen LogP contribution in [0.25, 0.3) is 0 Å². The van der Waals surface area contributed by atoms with Crippen molar-refractivity contribution in [1.82, 2.24) is 20.4 Å². The van der Waals surface area contributed by atoms with Gasteiger partial charge in [-0.15, -0.1) is 10.2 Å². The largest absolute Gasteiger partial charge is 0.353 e. The van der Waals surface area contributed by atoms with Crippen LogP contribution >= 0.6 is 11.6 Å². The molecule has 1 amide bonds. The summed E-state index contributed by atoms with van der Waals surface area (Å²) in [5.74, 6) is 0.554. The molecule has 0 aliphatic carbocycles. The van der Waals surface area contributed by atoms with E-state index < -0.39 is 0 Å². The molecule has 1 aromatic carbocycles. The predicted octanol–water partition coefficient (Wildman–Crippen LogP) is 1.81. The summed E-state index contributed by atoms with van der Waals surface area (Å²) in [7, 11) is 2.11. The average Bonchev–Trinajstić information content (AvgIpc) is 2.62. The van der Waals surface area contributed by atoms with E-state index in [1.54, 1.807) is 12.1 Å². The van der Waals surface area contributed by atoms with Crippen LogP contribution in [0.5, 0.6) is 0 Å². The Balaban J connectivity index is 1.59. The molecular formula is C17H20ClN5O. The quantitative estimate of drug-likeness (QED) is 0.915. The molecule has 1 N–H and O–H groups in total. The second-order valence-corrected chi connectivity index (χ2v) is 6.25. The van der Waals surface area contributed by atoms with Gasteiger partial charge in [0.15, 0.2) is 11.5 Å². The van der Waals surface area contributed by atoms with E-state index in [1.807, 2.05) is 24.3 Å². The van der Waals surface area contributed by atoms with E-state index in [1.165, 1.54) is 0 Å². The number of halogens is 1. The number of anilines is 1. The molecule has 0 saturated carbocycles. The Bertz CT molecular complexity index is 698. The minimum atomic E-state index is -0.257. The van der Waals surface area contributed by atoms with Crippen LogP contribution in [0.15, 0.2) is 36.4 Å². The van der Waals surface area contributed by atoms with Crippen molar-refractivity contribution in [3.8, 4) is 0 Å². The maximum absolute atomic E-state index is 12.2. The number of nitrogens with zero attached hydrogens (tertiary/aromatic N) is 4. The molecule has 6 nitrogen and oxygen atoms in total. The van der Waals surface area contributed by atoms with Gasteiger partial charge in [-0.2, -0.15) is 0 Å². The third kappa shape index (κ3) is 4.01. The first-order chi connectivity index (χ1) is 11.6. The number of benzene rings is 1. The highest BCUT2D eigenvalue weighted by Crippen LogP contribution is 2.15. The molecule has 1 fully saturated rings. The Morgan fingerprint density at radius 1 is 1.12 bits per heavy atom. The first-order valence-corrected chi connectivity index (χ1v) is 8.30. The third-order valence-electron chi connectivity index (χ3n) is 4.11. The van der Waals surface area contributed by atoms with Gasteiger partial charge >= 0.3 is 0 Å². The molecule has 2 heterocycles.